The maximum absolute atomic E-state index is 10.2. The standard InChI is InChI=1S/C10H11ClO4/c1-14-9-3-2-7(4-8(9)11)5-15-6-10(12)13/h2-4H,5-6H2,1H3,(H,12,13). The normalized spacial score (nSPS) is 10.0. The zero-order valence-corrected chi connectivity index (χ0v) is 8.95. The minimum Gasteiger partial charge on any atom is -0.495 e. The molecule has 0 saturated carbocycles. The summed E-state index contributed by atoms with van der Waals surface area (Å²) in [7, 11) is 1.53. The molecule has 0 bridgehead atoms. The predicted molar refractivity (Wildman–Crippen MR) is 55.3 cm³/mol. The summed E-state index contributed by atoms with van der Waals surface area (Å²) < 4.78 is 9.89. The van der Waals surface area contributed by atoms with Crippen molar-refractivity contribution in [2.24, 2.45) is 0 Å². The van der Waals surface area contributed by atoms with Crippen LogP contribution in [0.3, 0.4) is 0 Å². The first-order chi connectivity index (χ1) is 7.13. The third-order valence-corrected chi connectivity index (χ3v) is 2.01. The Bertz CT molecular complexity index is 351. The molecule has 0 spiro atoms. The number of ether oxygens (including phenoxy) is 2. The lowest BCUT2D eigenvalue weighted by atomic mass is 10.2. The molecule has 4 nitrogen and oxygen atoms in total. The van der Waals surface area contributed by atoms with Crippen LogP contribution in [-0.2, 0) is 16.1 Å². The fourth-order valence-electron chi connectivity index (χ4n) is 1.06. The first-order valence-corrected chi connectivity index (χ1v) is 4.63. The summed E-state index contributed by atoms with van der Waals surface area (Å²) in [5, 5.41) is 8.84. The summed E-state index contributed by atoms with van der Waals surface area (Å²) in [6, 6.07) is 5.16. The molecule has 0 aliphatic heterocycles. The molecule has 0 atom stereocenters. The molecule has 0 heterocycles. The second-order valence-corrected chi connectivity index (χ2v) is 3.26. The molecule has 5 heteroatoms. The number of rotatable bonds is 5. The number of aliphatic carboxylic acids is 1. The van der Waals surface area contributed by atoms with Crippen LogP contribution in [0.1, 0.15) is 5.56 Å². The van der Waals surface area contributed by atoms with Crippen LogP contribution in [0, 0.1) is 0 Å². The highest BCUT2D eigenvalue weighted by Gasteiger charge is 2.02. The lowest BCUT2D eigenvalue weighted by Crippen LogP contribution is -2.06. The fourth-order valence-corrected chi connectivity index (χ4v) is 1.34. The molecule has 1 aromatic carbocycles. The number of benzene rings is 1. The molecule has 0 aromatic heterocycles. The molecule has 82 valence electrons. The number of methoxy groups -OCH3 is 1. The first kappa shape index (κ1) is 11.8. The fraction of sp³-hybridized carbons (Fsp3) is 0.300. The summed E-state index contributed by atoms with van der Waals surface area (Å²) in [6.07, 6.45) is 0. The molecule has 0 saturated heterocycles. The third-order valence-electron chi connectivity index (χ3n) is 1.71. The summed E-state index contributed by atoms with van der Waals surface area (Å²) in [5.41, 5.74) is 0.807. The van der Waals surface area contributed by atoms with Gasteiger partial charge in [0.15, 0.2) is 0 Å². The van der Waals surface area contributed by atoms with E-state index in [1.807, 2.05) is 0 Å². The van der Waals surface area contributed by atoms with Crippen molar-refractivity contribution in [2.45, 2.75) is 6.61 Å². The molecular weight excluding hydrogens is 220 g/mol. The average molecular weight is 231 g/mol. The maximum atomic E-state index is 10.2. The van der Waals surface area contributed by atoms with Crippen molar-refractivity contribution in [3.05, 3.63) is 28.8 Å². The number of carboxylic acid groups (broad SMARTS) is 1. The van der Waals surface area contributed by atoms with E-state index in [-0.39, 0.29) is 13.2 Å². The molecule has 1 N–H and O–H groups in total. The quantitative estimate of drug-likeness (QED) is 0.840. The predicted octanol–water partition coefficient (Wildman–Crippen LogP) is 1.95. The summed E-state index contributed by atoms with van der Waals surface area (Å²) in [6.45, 7) is -0.0976. The number of hydrogen-bond donors (Lipinski definition) is 1. The summed E-state index contributed by atoms with van der Waals surface area (Å²) in [4.78, 5) is 10.2. The van der Waals surface area contributed by atoms with Gasteiger partial charge in [-0.25, -0.2) is 4.79 Å². The SMILES string of the molecule is COc1ccc(COCC(=O)O)cc1Cl. The Morgan fingerprint density at radius 1 is 1.53 bits per heavy atom. The van der Waals surface area contributed by atoms with Crippen LogP contribution in [0.2, 0.25) is 5.02 Å². The Hall–Kier alpha value is -1.26. The molecule has 0 unspecified atom stereocenters. The average Bonchev–Trinajstić information content (AvgIpc) is 2.17. The van der Waals surface area contributed by atoms with Gasteiger partial charge in [0.25, 0.3) is 0 Å². The lowest BCUT2D eigenvalue weighted by molar-refractivity contribution is -0.142. The molecule has 0 radical (unpaired) electrons. The van der Waals surface area contributed by atoms with Crippen LogP contribution in [-0.4, -0.2) is 24.8 Å². The van der Waals surface area contributed by atoms with Crippen LogP contribution >= 0.6 is 11.6 Å². The van der Waals surface area contributed by atoms with Crippen molar-refractivity contribution in [1.82, 2.24) is 0 Å². The highest BCUT2D eigenvalue weighted by atomic mass is 35.5. The van der Waals surface area contributed by atoms with Gasteiger partial charge in [0.2, 0.25) is 0 Å². The van der Waals surface area contributed by atoms with Gasteiger partial charge in [-0.3, -0.25) is 0 Å². The van der Waals surface area contributed by atoms with Crippen LogP contribution < -0.4 is 4.74 Å². The second-order valence-electron chi connectivity index (χ2n) is 2.86. The smallest absolute Gasteiger partial charge is 0.329 e. The minimum atomic E-state index is -0.991. The van der Waals surface area contributed by atoms with E-state index in [1.165, 1.54) is 7.11 Å². The maximum Gasteiger partial charge on any atom is 0.329 e. The Morgan fingerprint density at radius 3 is 2.80 bits per heavy atom. The van der Waals surface area contributed by atoms with Crippen LogP contribution in [0.25, 0.3) is 0 Å². The highest BCUT2D eigenvalue weighted by Crippen LogP contribution is 2.25. The van der Waals surface area contributed by atoms with Gasteiger partial charge in [0.05, 0.1) is 18.7 Å². The van der Waals surface area contributed by atoms with Gasteiger partial charge in [0, 0.05) is 0 Å². The zero-order chi connectivity index (χ0) is 11.3. The van der Waals surface area contributed by atoms with Crippen molar-refractivity contribution in [3.8, 4) is 5.75 Å². The van der Waals surface area contributed by atoms with Gasteiger partial charge >= 0.3 is 5.97 Å². The Kier molecular flexibility index (Phi) is 4.39. The molecular formula is C10H11ClO4. The van der Waals surface area contributed by atoms with Gasteiger partial charge in [0.1, 0.15) is 12.4 Å². The van der Waals surface area contributed by atoms with Crippen LogP contribution in [0.15, 0.2) is 18.2 Å². The summed E-state index contributed by atoms with van der Waals surface area (Å²) >= 11 is 5.87. The zero-order valence-electron chi connectivity index (χ0n) is 8.20. The molecule has 15 heavy (non-hydrogen) atoms. The van der Waals surface area contributed by atoms with E-state index in [1.54, 1.807) is 18.2 Å². The van der Waals surface area contributed by atoms with E-state index < -0.39 is 5.97 Å². The largest absolute Gasteiger partial charge is 0.495 e. The van der Waals surface area contributed by atoms with Gasteiger partial charge in [-0.05, 0) is 17.7 Å². The van der Waals surface area contributed by atoms with Gasteiger partial charge in [-0.1, -0.05) is 17.7 Å². The van der Waals surface area contributed by atoms with Crippen LogP contribution in [0.4, 0.5) is 0 Å². The van der Waals surface area contributed by atoms with E-state index >= 15 is 0 Å². The highest BCUT2D eigenvalue weighted by molar-refractivity contribution is 6.32. The first-order valence-electron chi connectivity index (χ1n) is 4.25. The number of halogens is 1. The number of carboxylic acids is 1. The van der Waals surface area contributed by atoms with Crippen molar-refractivity contribution in [3.63, 3.8) is 0 Å². The molecule has 1 aromatic rings. The van der Waals surface area contributed by atoms with Crippen molar-refractivity contribution in [2.75, 3.05) is 13.7 Å². The van der Waals surface area contributed by atoms with Crippen molar-refractivity contribution in [1.29, 1.82) is 0 Å². The Morgan fingerprint density at radius 2 is 2.27 bits per heavy atom. The topological polar surface area (TPSA) is 55.8 Å². The number of hydrogen-bond acceptors (Lipinski definition) is 3. The lowest BCUT2D eigenvalue weighted by Gasteiger charge is -2.05. The van der Waals surface area contributed by atoms with Crippen molar-refractivity contribution < 1.29 is 19.4 Å². The van der Waals surface area contributed by atoms with E-state index in [0.29, 0.717) is 10.8 Å². The van der Waals surface area contributed by atoms with Crippen LogP contribution in [0.5, 0.6) is 5.75 Å². The molecule has 1 rings (SSSR count). The Labute approximate surface area is 92.4 Å². The van der Waals surface area contributed by atoms with Gasteiger partial charge < -0.3 is 14.6 Å². The number of carbonyl (C=O) groups is 1. The van der Waals surface area contributed by atoms with E-state index in [0.717, 1.165) is 5.56 Å². The minimum absolute atomic E-state index is 0.218. The monoisotopic (exact) mass is 230 g/mol. The molecule has 0 amide bonds. The van der Waals surface area contributed by atoms with E-state index in [2.05, 4.69) is 0 Å². The van der Waals surface area contributed by atoms with E-state index in [4.69, 9.17) is 26.2 Å². The van der Waals surface area contributed by atoms with Crippen molar-refractivity contribution >= 4 is 17.6 Å². The molecule has 0 aliphatic rings. The third kappa shape index (κ3) is 3.77. The molecule has 0 fully saturated rings. The van der Waals surface area contributed by atoms with Gasteiger partial charge in [-0.15, -0.1) is 0 Å². The van der Waals surface area contributed by atoms with Gasteiger partial charge in [-0.2, -0.15) is 0 Å². The molecule has 0 aliphatic carbocycles. The van der Waals surface area contributed by atoms with E-state index in [9.17, 15) is 4.79 Å². The summed E-state index contributed by atoms with van der Waals surface area (Å²) in [5.74, 6) is -0.409. The Balaban J connectivity index is 2.55. The second kappa shape index (κ2) is 5.58.